The van der Waals surface area contributed by atoms with Gasteiger partial charge in [-0.05, 0) is 43.9 Å². The van der Waals surface area contributed by atoms with Crippen molar-refractivity contribution in [1.82, 2.24) is 15.2 Å². The lowest BCUT2D eigenvalue weighted by atomic mass is 9.96. The van der Waals surface area contributed by atoms with Crippen LogP contribution in [-0.4, -0.2) is 52.0 Å². The largest absolute Gasteiger partial charge is 0.391 e. The van der Waals surface area contributed by atoms with E-state index in [9.17, 15) is 14.7 Å². The minimum Gasteiger partial charge on any atom is -0.391 e. The highest BCUT2D eigenvalue weighted by molar-refractivity contribution is 7.10. The number of nitrogens with zero attached hydrogens (tertiary/aromatic N) is 2. The van der Waals surface area contributed by atoms with Crippen LogP contribution in [0, 0.1) is 13.8 Å². The van der Waals surface area contributed by atoms with E-state index in [2.05, 4.69) is 22.5 Å². The number of benzene rings is 1. The van der Waals surface area contributed by atoms with Crippen LogP contribution in [0.2, 0.25) is 5.02 Å². The number of hydrogen-bond acceptors (Lipinski definition) is 5. The highest BCUT2D eigenvalue weighted by atomic mass is 35.5. The van der Waals surface area contributed by atoms with E-state index in [-0.39, 0.29) is 24.8 Å². The number of rotatable bonds is 5. The standard InChI is InChI=1S/C24H26ClN3O3S/c1-14-4-3-5-19(25)21(14)24(31)28-12-18(29)10-20(28)23(30)26-11-16-6-8-17(9-7-16)22-15(2)27-13-32-22/h3-6,8,13,18,20,29H,7,9-12H2,1-2H3,(H,26,30)/t18-,20+/m1/s1. The molecule has 8 heteroatoms. The molecule has 2 N–H and O–H groups in total. The fourth-order valence-electron chi connectivity index (χ4n) is 4.28. The van der Waals surface area contributed by atoms with Crippen LogP contribution in [0.5, 0.6) is 0 Å². The van der Waals surface area contributed by atoms with E-state index in [1.807, 2.05) is 25.4 Å². The van der Waals surface area contributed by atoms with E-state index in [0.717, 1.165) is 29.7 Å². The lowest BCUT2D eigenvalue weighted by Gasteiger charge is -2.25. The van der Waals surface area contributed by atoms with Crippen molar-refractivity contribution in [3.63, 3.8) is 0 Å². The first-order valence-electron chi connectivity index (χ1n) is 10.7. The monoisotopic (exact) mass is 471 g/mol. The molecular formula is C24H26ClN3O3S. The zero-order valence-electron chi connectivity index (χ0n) is 18.1. The van der Waals surface area contributed by atoms with Crippen molar-refractivity contribution < 1.29 is 14.7 Å². The Bertz CT molecular complexity index is 1090. The molecule has 0 spiro atoms. The molecule has 6 nitrogen and oxygen atoms in total. The van der Waals surface area contributed by atoms with Gasteiger partial charge in [-0.25, -0.2) is 4.98 Å². The van der Waals surface area contributed by atoms with Crippen LogP contribution in [0.3, 0.4) is 0 Å². The maximum atomic E-state index is 13.2. The van der Waals surface area contributed by atoms with Gasteiger partial charge in [0.25, 0.3) is 5.91 Å². The number of aliphatic hydroxyl groups is 1. The Labute approximate surface area is 196 Å². The molecule has 2 atom stereocenters. The smallest absolute Gasteiger partial charge is 0.256 e. The van der Waals surface area contributed by atoms with E-state index in [0.29, 0.717) is 17.1 Å². The van der Waals surface area contributed by atoms with Gasteiger partial charge >= 0.3 is 0 Å². The normalized spacial score (nSPS) is 20.7. The van der Waals surface area contributed by atoms with Crippen LogP contribution in [0.25, 0.3) is 5.57 Å². The quantitative estimate of drug-likeness (QED) is 0.692. The Morgan fingerprint density at radius 2 is 2.09 bits per heavy atom. The molecule has 1 saturated heterocycles. The molecule has 0 unspecified atom stereocenters. The molecule has 1 fully saturated rings. The van der Waals surface area contributed by atoms with Crippen molar-refractivity contribution in [2.75, 3.05) is 13.1 Å². The van der Waals surface area contributed by atoms with Crippen LogP contribution < -0.4 is 5.32 Å². The van der Waals surface area contributed by atoms with Gasteiger partial charge < -0.3 is 15.3 Å². The summed E-state index contributed by atoms with van der Waals surface area (Å²) in [5.74, 6) is -0.581. The minimum absolute atomic E-state index is 0.116. The number of hydrogen-bond donors (Lipinski definition) is 2. The molecule has 1 aliphatic carbocycles. The molecule has 2 aromatic rings. The third-order valence-electron chi connectivity index (χ3n) is 6.04. The van der Waals surface area contributed by atoms with E-state index in [4.69, 9.17) is 11.6 Å². The maximum Gasteiger partial charge on any atom is 0.256 e. The van der Waals surface area contributed by atoms with Crippen molar-refractivity contribution in [2.45, 2.75) is 45.3 Å². The number of β-amino-alcohol motifs (C(OH)–C–C–N with tert-alkyl or cyclic N) is 1. The Kier molecular flexibility index (Phi) is 6.79. The number of carbonyl (C=O) groups excluding carboxylic acids is 2. The van der Waals surface area contributed by atoms with E-state index >= 15 is 0 Å². The van der Waals surface area contributed by atoms with Gasteiger partial charge in [-0.15, -0.1) is 11.3 Å². The zero-order chi connectivity index (χ0) is 22.8. The lowest BCUT2D eigenvalue weighted by Crippen LogP contribution is -2.46. The third-order valence-corrected chi connectivity index (χ3v) is 7.36. The summed E-state index contributed by atoms with van der Waals surface area (Å²) in [4.78, 5) is 33.1. The first-order chi connectivity index (χ1) is 15.3. The molecule has 0 saturated carbocycles. The van der Waals surface area contributed by atoms with Gasteiger partial charge in [0.05, 0.1) is 32.8 Å². The number of halogens is 1. The summed E-state index contributed by atoms with van der Waals surface area (Å²) < 4.78 is 0. The number of likely N-dealkylation sites (tertiary alicyclic amines) is 1. The number of aryl methyl sites for hydroxylation is 2. The molecular weight excluding hydrogens is 446 g/mol. The molecule has 1 aliphatic heterocycles. The Hall–Kier alpha value is -2.48. The van der Waals surface area contributed by atoms with Crippen molar-refractivity contribution in [2.24, 2.45) is 0 Å². The van der Waals surface area contributed by atoms with Gasteiger partial charge in [0.2, 0.25) is 5.91 Å². The summed E-state index contributed by atoms with van der Waals surface area (Å²) in [5.41, 5.74) is 6.43. The minimum atomic E-state index is -0.737. The molecule has 168 valence electrons. The van der Waals surface area contributed by atoms with E-state index in [1.165, 1.54) is 15.4 Å². The predicted molar refractivity (Wildman–Crippen MR) is 127 cm³/mol. The molecule has 1 aromatic heterocycles. The number of thiazole rings is 1. The number of allylic oxidation sites excluding steroid dienone is 3. The van der Waals surface area contributed by atoms with Gasteiger partial charge in [-0.1, -0.05) is 41.5 Å². The maximum absolute atomic E-state index is 13.2. The summed E-state index contributed by atoms with van der Waals surface area (Å²) >= 11 is 7.91. The van der Waals surface area contributed by atoms with Crippen LogP contribution in [0.4, 0.5) is 0 Å². The predicted octanol–water partition coefficient (Wildman–Crippen LogP) is 3.91. The average Bonchev–Trinajstić information content (AvgIpc) is 3.37. The van der Waals surface area contributed by atoms with Gasteiger partial charge in [0, 0.05) is 19.5 Å². The van der Waals surface area contributed by atoms with Crippen LogP contribution in [0.15, 0.2) is 41.4 Å². The van der Waals surface area contributed by atoms with Gasteiger partial charge in [0.15, 0.2) is 0 Å². The number of nitrogens with one attached hydrogen (secondary N) is 1. The first kappa shape index (κ1) is 22.7. The number of aromatic nitrogens is 1. The molecule has 32 heavy (non-hydrogen) atoms. The Morgan fingerprint density at radius 1 is 1.28 bits per heavy atom. The third kappa shape index (κ3) is 4.65. The number of aliphatic hydroxyl groups excluding tert-OH is 1. The summed E-state index contributed by atoms with van der Waals surface area (Å²) in [6, 6.07) is 4.54. The molecule has 2 heterocycles. The fourth-order valence-corrected chi connectivity index (χ4v) is 5.44. The Morgan fingerprint density at radius 3 is 2.75 bits per heavy atom. The lowest BCUT2D eigenvalue weighted by molar-refractivity contribution is -0.124. The highest BCUT2D eigenvalue weighted by Crippen LogP contribution is 2.31. The first-order valence-corrected chi connectivity index (χ1v) is 11.9. The molecule has 2 aliphatic rings. The summed E-state index contributed by atoms with van der Waals surface area (Å²) in [6.45, 7) is 4.36. The second-order valence-electron chi connectivity index (χ2n) is 8.30. The van der Waals surface area contributed by atoms with Gasteiger partial charge in [-0.3, -0.25) is 9.59 Å². The molecule has 0 bridgehead atoms. The molecule has 4 rings (SSSR count). The van der Waals surface area contributed by atoms with Gasteiger partial charge in [0.1, 0.15) is 6.04 Å². The summed E-state index contributed by atoms with van der Waals surface area (Å²) in [5, 5.41) is 13.5. The second kappa shape index (κ2) is 9.57. The second-order valence-corrected chi connectivity index (χ2v) is 9.56. The van der Waals surface area contributed by atoms with Crippen LogP contribution in [-0.2, 0) is 4.79 Å². The van der Waals surface area contributed by atoms with Crippen LogP contribution in [0.1, 0.15) is 45.8 Å². The summed E-state index contributed by atoms with van der Waals surface area (Å²) in [7, 11) is 0. The molecule has 0 radical (unpaired) electrons. The van der Waals surface area contributed by atoms with Gasteiger partial charge in [-0.2, -0.15) is 0 Å². The van der Waals surface area contributed by atoms with Crippen molar-refractivity contribution >= 4 is 40.3 Å². The topological polar surface area (TPSA) is 82.5 Å². The van der Waals surface area contributed by atoms with Crippen molar-refractivity contribution in [3.05, 3.63) is 68.2 Å². The highest BCUT2D eigenvalue weighted by Gasteiger charge is 2.40. The van der Waals surface area contributed by atoms with Crippen LogP contribution >= 0.6 is 22.9 Å². The summed E-state index contributed by atoms with van der Waals surface area (Å²) in [6.07, 6.45) is 5.40. The Balaban J connectivity index is 1.42. The van der Waals surface area contributed by atoms with Crippen molar-refractivity contribution in [3.8, 4) is 0 Å². The van der Waals surface area contributed by atoms with E-state index in [1.54, 1.807) is 23.5 Å². The molecule has 1 aromatic carbocycles. The van der Waals surface area contributed by atoms with E-state index < -0.39 is 12.1 Å². The van der Waals surface area contributed by atoms with Crippen molar-refractivity contribution in [1.29, 1.82) is 0 Å². The number of carbonyl (C=O) groups is 2. The zero-order valence-corrected chi connectivity index (χ0v) is 19.7. The molecule has 2 amide bonds. The number of amides is 2. The average molecular weight is 472 g/mol. The fraction of sp³-hybridized carbons (Fsp3) is 0.375. The SMILES string of the molecule is Cc1cccc(Cl)c1C(=O)N1C[C@H](O)C[C@H]1C(=O)NCC1=CC=C(c2scnc2C)CC1.